The highest BCUT2D eigenvalue weighted by Gasteiger charge is 2.03. The zero-order valence-corrected chi connectivity index (χ0v) is 9.86. The molecule has 1 heterocycles. The fraction of sp³-hybridized carbons (Fsp3) is 0.182. The molecule has 2 aromatic rings. The van der Waals surface area contributed by atoms with Crippen LogP contribution in [0.1, 0.15) is 11.1 Å². The average Bonchev–Trinajstić information content (AvgIpc) is 2.65. The second-order valence-corrected chi connectivity index (χ2v) is 5.18. The Kier molecular flexibility index (Phi) is 3.18. The molecule has 0 radical (unpaired) electrons. The molecule has 78 valence electrons. The lowest BCUT2D eigenvalue weighted by Gasteiger charge is -2.02. The van der Waals surface area contributed by atoms with Gasteiger partial charge in [0.25, 0.3) is 0 Å². The molecule has 2 nitrogen and oxygen atoms in total. The maximum absolute atomic E-state index is 11.4. The molecular weight excluding hydrogens is 228 g/mol. The second-order valence-electron chi connectivity index (χ2n) is 3.14. The molecule has 0 atom stereocenters. The van der Waals surface area contributed by atoms with Gasteiger partial charge in [0, 0.05) is 17.4 Å². The summed E-state index contributed by atoms with van der Waals surface area (Å²) in [5.41, 5.74) is 1.98. The molecule has 1 aromatic carbocycles. The third-order valence-electron chi connectivity index (χ3n) is 2.11. The van der Waals surface area contributed by atoms with Crippen molar-refractivity contribution in [1.82, 2.24) is 0 Å². The van der Waals surface area contributed by atoms with Gasteiger partial charge in [-0.05, 0) is 28.0 Å². The van der Waals surface area contributed by atoms with Crippen LogP contribution in [0.5, 0.6) is 5.75 Å². The lowest BCUT2D eigenvalue weighted by atomic mass is 10.1. The fourth-order valence-corrected chi connectivity index (χ4v) is 3.17. The largest absolute Gasteiger partial charge is 0.497 e. The molecule has 0 aliphatic carbocycles. The molecule has 4 heteroatoms. The molecule has 1 aromatic heterocycles. The van der Waals surface area contributed by atoms with Crippen LogP contribution in [0.3, 0.4) is 0 Å². The third-order valence-corrected chi connectivity index (χ3v) is 4.03. The van der Waals surface area contributed by atoms with Crippen molar-refractivity contribution in [3.8, 4) is 5.75 Å². The van der Waals surface area contributed by atoms with Gasteiger partial charge >= 0.3 is 0 Å². The predicted octanol–water partition coefficient (Wildman–Crippen LogP) is 2.77. The van der Waals surface area contributed by atoms with Crippen LogP contribution in [0.2, 0.25) is 0 Å². The van der Waals surface area contributed by atoms with Gasteiger partial charge in [-0.3, -0.25) is 4.79 Å². The molecule has 0 saturated heterocycles. The fourth-order valence-electron chi connectivity index (χ4n) is 1.34. The second kappa shape index (κ2) is 4.59. The van der Waals surface area contributed by atoms with Crippen LogP contribution in [-0.4, -0.2) is 7.11 Å². The van der Waals surface area contributed by atoms with Crippen molar-refractivity contribution in [2.75, 3.05) is 7.11 Å². The Bertz CT molecular complexity index is 499. The summed E-state index contributed by atoms with van der Waals surface area (Å²) < 4.78 is 5.30. The predicted molar refractivity (Wildman–Crippen MR) is 64.3 cm³/mol. The van der Waals surface area contributed by atoms with Crippen LogP contribution in [0, 0.1) is 0 Å². The van der Waals surface area contributed by atoms with Crippen LogP contribution in [0.4, 0.5) is 0 Å². The highest BCUT2D eigenvalue weighted by Crippen LogP contribution is 2.16. The van der Waals surface area contributed by atoms with E-state index >= 15 is 0 Å². The molecule has 0 N–H and O–H groups in total. The number of benzene rings is 1. The molecule has 0 bridgehead atoms. The molecule has 0 unspecified atom stereocenters. The summed E-state index contributed by atoms with van der Waals surface area (Å²) in [7, 11) is 4.43. The zero-order chi connectivity index (χ0) is 10.7. The number of rotatable bonds is 3. The third kappa shape index (κ3) is 2.46. The highest BCUT2D eigenvalue weighted by molar-refractivity contribution is 7.67. The van der Waals surface area contributed by atoms with Gasteiger partial charge in [0.1, 0.15) is 5.75 Å². The zero-order valence-electron chi connectivity index (χ0n) is 8.23. The summed E-state index contributed by atoms with van der Waals surface area (Å²) in [6.45, 7) is 0. The Balaban J connectivity index is 2.24. The Morgan fingerprint density at radius 1 is 1.40 bits per heavy atom. The SMILES string of the molecule is COc1cccc(Cc2cssc2=O)c1. The van der Waals surface area contributed by atoms with Crippen LogP contribution < -0.4 is 9.48 Å². The molecular formula is C11H10O2S2. The molecule has 0 saturated carbocycles. The Morgan fingerprint density at radius 3 is 2.93 bits per heavy atom. The topological polar surface area (TPSA) is 26.3 Å². The average molecular weight is 238 g/mol. The van der Waals surface area contributed by atoms with Gasteiger partial charge in [-0.2, -0.15) is 0 Å². The number of hydrogen-bond donors (Lipinski definition) is 0. The summed E-state index contributed by atoms with van der Waals surface area (Å²) in [5.74, 6) is 0.832. The summed E-state index contributed by atoms with van der Waals surface area (Å²) in [5, 5.41) is 1.92. The molecule has 0 spiro atoms. The van der Waals surface area contributed by atoms with Crippen LogP contribution in [-0.2, 0) is 6.42 Å². The van der Waals surface area contributed by atoms with E-state index in [0.29, 0.717) is 6.42 Å². The van der Waals surface area contributed by atoms with Crippen molar-refractivity contribution in [3.05, 3.63) is 50.3 Å². The first-order valence-corrected chi connectivity index (χ1v) is 6.70. The number of hydrogen-bond acceptors (Lipinski definition) is 4. The van der Waals surface area contributed by atoms with E-state index < -0.39 is 0 Å². The van der Waals surface area contributed by atoms with Gasteiger partial charge in [0.2, 0.25) is 4.74 Å². The first-order chi connectivity index (χ1) is 7.29. The first-order valence-electron chi connectivity index (χ1n) is 4.49. The molecule has 0 fully saturated rings. The molecule has 15 heavy (non-hydrogen) atoms. The van der Waals surface area contributed by atoms with E-state index in [-0.39, 0.29) is 4.74 Å². The minimum atomic E-state index is 0.169. The van der Waals surface area contributed by atoms with Crippen LogP contribution in [0.25, 0.3) is 0 Å². The van der Waals surface area contributed by atoms with E-state index in [0.717, 1.165) is 16.9 Å². The smallest absolute Gasteiger partial charge is 0.246 e. The van der Waals surface area contributed by atoms with E-state index in [1.807, 2.05) is 29.6 Å². The van der Waals surface area contributed by atoms with Gasteiger partial charge in [-0.25, -0.2) is 0 Å². The quantitative estimate of drug-likeness (QED) is 0.769. The van der Waals surface area contributed by atoms with Crippen molar-refractivity contribution < 1.29 is 4.74 Å². The van der Waals surface area contributed by atoms with Gasteiger partial charge in [-0.15, -0.1) is 0 Å². The van der Waals surface area contributed by atoms with E-state index in [9.17, 15) is 4.79 Å². The number of ether oxygens (including phenoxy) is 1. The Hall–Kier alpha value is -1.13. The highest BCUT2D eigenvalue weighted by atomic mass is 32.9. The van der Waals surface area contributed by atoms with Crippen molar-refractivity contribution in [1.29, 1.82) is 0 Å². The van der Waals surface area contributed by atoms with E-state index in [2.05, 4.69) is 0 Å². The van der Waals surface area contributed by atoms with Crippen molar-refractivity contribution in [2.45, 2.75) is 6.42 Å². The molecule has 2 rings (SSSR count). The van der Waals surface area contributed by atoms with Crippen molar-refractivity contribution >= 4 is 20.7 Å². The summed E-state index contributed by atoms with van der Waals surface area (Å²) >= 11 is 0. The minimum Gasteiger partial charge on any atom is -0.497 e. The van der Waals surface area contributed by atoms with Crippen molar-refractivity contribution in [3.63, 3.8) is 0 Å². The lowest BCUT2D eigenvalue weighted by molar-refractivity contribution is 0.414. The maximum Gasteiger partial charge on any atom is 0.246 e. The summed E-state index contributed by atoms with van der Waals surface area (Å²) in [6, 6.07) is 7.80. The van der Waals surface area contributed by atoms with Crippen LogP contribution >= 0.6 is 20.7 Å². The standard InChI is InChI=1S/C11H10O2S2/c1-13-10-4-2-3-8(6-10)5-9-7-14-15-11(9)12/h2-4,6-7H,5H2,1H3. The summed E-state index contributed by atoms with van der Waals surface area (Å²) in [6.07, 6.45) is 0.691. The number of methoxy groups -OCH3 is 1. The Labute approximate surface area is 95.2 Å². The monoisotopic (exact) mass is 238 g/mol. The maximum atomic E-state index is 11.4. The molecule has 0 aliphatic rings. The minimum absolute atomic E-state index is 0.169. The molecule has 0 aliphatic heterocycles. The molecule has 0 amide bonds. The van der Waals surface area contributed by atoms with E-state index in [1.54, 1.807) is 7.11 Å². The van der Waals surface area contributed by atoms with Crippen molar-refractivity contribution in [2.24, 2.45) is 0 Å². The van der Waals surface area contributed by atoms with Crippen LogP contribution in [0.15, 0.2) is 34.4 Å². The van der Waals surface area contributed by atoms with E-state index in [1.165, 1.54) is 20.7 Å². The Morgan fingerprint density at radius 2 is 2.27 bits per heavy atom. The normalized spacial score (nSPS) is 10.2. The first kappa shape index (κ1) is 10.4. The van der Waals surface area contributed by atoms with Gasteiger partial charge < -0.3 is 4.74 Å². The van der Waals surface area contributed by atoms with E-state index in [4.69, 9.17) is 4.74 Å². The van der Waals surface area contributed by atoms with Gasteiger partial charge in [0.05, 0.1) is 7.11 Å². The van der Waals surface area contributed by atoms with Gasteiger partial charge in [-0.1, -0.05) is 22.5 Å². The lowest BCUT2D eigenvalue weighted by Crippen LogP contribution is -1.99. The van der Waals surface area contributed by atoms with Gasteiger partial charge in [0.15, 0.2) is 0 Å². The summed E-state index contributed by atoms with van der Waals surface area (Å²) in [4.78, 5) is 11.4.